The summed E-state index contributed by atoms with van der Waals surface area (Å²) in [6, 6.07) is 7.71. The molecule has 1 atom stereocenters. The summed E-state index contributed by atoms with van der Waals surface area (Å²) in [5, 5.41) is 2.86. The molecule has 26 heavy (non-hydrogen) atoms. The molecule has 0 aliphatic carbocycles. The molecule has 0 amide bonds. The minimum absolute atomic E-state index is 0.238. The van der Waals surface area contributed by atoms with Crippen molar-refractivity contribution < 1.29 is 14.3 Å². The number of carbonyl (C=O) groups excluding carboxylic acids is 1. The maximum Gasteiger partial charge on any atom is 0.338 e. The van der Waals surface area contributed by atoms with Crippen LogP contribution < -0.4 is 4.74 Å². The summed E-state index contributed by atoms with van der Waals surface area (Å²) in [6.45, 7) is 6.88. The van der Waals surface area contributed by atoms with Crippen LogP contribution in [0.2, 0.25) is 0 Å². The van der Waals surface area contributed by atoms with Gasteiger partial charge in [0.25, 0.3) is 0 Å². The summed E-state index contributed by atoms with van der Waals surface area (Å²) < 4.78 is 11.0. The molecule has 1 aromatic carbocycles. The summed E-state index contributed by atoms with van der Waals surface area (Å²) >= 11 is 1.56. The fourth-order valence-corrected chi connectivity index (χ4v) is 3.77. The van der Waals surface area contributed by atoms with E-state index in [-0.39, 0.29) is 12.0 Å². The highest BCUT2D eigenvalue weighted by molar-refractivity contribution is 8.16. The van der Waals surface area contributed by atoms with Gasteiger partial charge in [0.2, 0.25) is 0 Å². The van der Waals surface area contributed by atoms with E-state index in [1.54, 1.807) is 11.8 Å². The predicted octanol–water partition coefficient (Wildman–Crippen LogP) is 4.63. The first-order valence-corrected chi connectivity index (χ1v) is 9.84. The third-order valence-corrected chi connectivity index (χ3v) is 5.05. The van der Waals surface area contributed by atoms with Crippen LogP contribution in [-0.2, 0) is 9.53 Å². The zero-order valence-corrected chi connectivity index (χ0v) is 16.2. The number of carbonyl (C=O) groups is 1. The molecule has 6 heteroatoms. The van der Waals surface area contributed by atoms with Gasteiger partial charge >= 0.3 is 5.97 Å². The van der Waals surface area contributed by atoms with E-state index >= 15 is 0 Å². The molecular weight excluding hydrogens is 348 g/mol. The molecule has 2 aliphatic rings. The maximum atomic E-state index is 12.6. The number of benzene rings is 1. The molecule has 0 radical (unpaired) electrons. The van der Waals surface area contributed by atoms with Crippen LogP contribution in [-0.4, -0.2) is 29.3 Å². The molecule has 2 heterocycles. The van der Waals surface area contributed by atoms with Gasteiger partial charge in [-0.05, 0) is 43.4 Å². The van der Waals surface area contributed by atoms with Crippen LogP contribution in [0.3, 0.4) is 0 Å². The lowest BCUT2D eigenvalue weighted by Gasteiger charge is -2.33. The van der Waals surface area contributed by atoms with Crippen LogP contribution >= 0.6 is 11.8 Å². The third kappa shape index (κ3) is 3.80. The topological polar surface area (TPSA) is 51.1 Å². The number of hydrogen-bond donors (Lipinski definition) is 0. The number of esters is 1. The molecular formula is C20H24N2O3S. The van der Waals surface area contributed by atoms with Crippen molar-refractivity contribution in [2.24, 2.45) is 4.99 Å². The Morgan fingerprint density at radius 2 is 2.04 bits per heavy atom. The predicted molar refractivity (Wildman–Crippen MR) is 105 cm³/mol. The van der Waals surface area contributed by atoms with E-state index in [1.165, 1.54) is 0 Å². The van der Waals surface area contributed by atoms with Gasteiger partial charge in [-0.2, -0.15) is 0 Å². The average molecular weight is 372 g/mol. The zero-order chi connectivity index (χ0) is 18.5. The number of thioether (sulfide) groups is 1. The van der Waals surface area contributed by atoms with E-state index in [9.17, 15) is 4.79 Å². The van der Waals surface area contributed by atoms with Crippen molar-refractivity contribution in [1.82, 2.24) is 4.90 Å². The molecule has 138 valence electrons. The summed E-state index contributed by atoms with van der Waals surface area (Å²) in [4.78, 5) is 19.2. The Labute approximate surface area is 158 Å². The van der Waals surface area contributed by atoms with Crippen molar-refractivity contribution in [2.75, 3.05) is 13.2 Å². The van der Waals surface area contributed by atoms with Gasteiger partial charge in [-0.15, -0.1) is 0 Å². The van der Waals surface area contributed by atoms with E-state index in [0.717, 1.165) is 29.3 Å². The normalized spacial score (nSPS) is 18.7. The molecule has 0 saturated heterocycles. The van der Waals surface area contributed by atoms with E-state index in [1.807, 2.05) is 54.6 Å². The minimum atomic E-state index is -0.314. The highest BCUT2D eigenvalue weighted by Crippen LogP contribution is 2.41. The summed E-state index contributed by atoms with van der Waals surface area (Å²) in [7, 11) is 0. The number of nitrogens with zero attached hydrogens (tertiary/aromatic N) is 2. The number of fused-ring (bicyclic) bond motifs is 1. The minimum Gasteiger partial charge on any atom is -0.494 e. The van der Waals surface area contributed by atoms with E-state index in [4.69, 9.17) is 9.47 Å². The molecule has 0 saturated carbocycles. The summed E-state index contributed by atoms with van der Waals surface area (Å²) in [5.41, 5.74) is 2.30. The van der Waals surface area contributed by atoms with Gasteiger partial charge in [0.1, 0.15) is 5.75 Å². The lowest BCUT2D eigenvalue weighted by atomic mass is 9.95. The first-order chi connectivity index (χ1) is 12.7. The SMILES string of the molecule is CCCCOc1ccc([C@@H]2C(C(=O)OCC)=C(C)N=C3SC=CN32)cc1. The van der Waals surface area contributed by atoms with Crippen molar-refractivity contribution in [3.63, 3.8) is 0 Å². The van der Waals surface area contributed by atoms with Crippen molar-refractivity contribution in [1.29, 1.82) is 0 Å². The molecule has 0 unspecified atom stereocenters. The number of rotatable bonds is 7. The first-order valence-electron chi connectivity index (χ1n) is 8.96. The van der Waals surface area contributed by atoms with Crippen LogP contribution in [0.1, 0.15) is 45.2 Å². The quantitative estimate of drug-likeness (QED) is 0.516. The molecule has 0 spiro atoms. The molecule has 0 N–H and O–H groups in total. The molecule has 0 fully saturated rings. The maximum absolute atomic E-state index is 12.6. The highest BCUT2D eigenvalue weighted by atomic mass is 32.2. The van der Waals surface area contributed by atoms with Crippen LogP contribution in [0.15, 0.2) is 52.1 Å². The van der Waals surface area contributed by atoms with Crippen LogP contribution in [0, 0.1) is 0 Å². The van der Waals surface area contributed by atoms with Gasteiger partial charge < -0.3 is 14.4 Å². The molecule has 1 aromatic rings. The number of ether oxygens (including phenoxy) is 2. The zero-order valence-electron chi connectivity index (χ0n) is 15.4. The number of allylic oxidation sites excluding steroid dienone is 1. The second-order valence-corrected chi connectivity index (χ2v) is 6.97. The third-order valence-electron chi connectivity index (χ3n) is 4.28. The Hall–Kier alpha value is -2.21. The van der Waals surface area contributed by atoms with E-state index in [2.05, 4.69) is 11.9 Å². The number of amidine groups is 1. The molecule has 5 nitrogen and oxygen atoms in total. The fourth-order valence-electron chi connectivity index (χ4n) is 2.98. The highest BCUT2D eigenvalue weighted by Gasteiger charge is 2.37. The molecule has 0 bridgehead atoms. The van der Waals surface area contributed by atoms with Gasteiger partial charge in [-0.3, -0.25) is 0 Å². The number of hydrogen-bond acceptors (Lipinski definition) is 6. The largest absolute Gasteiger partial charge is 0.494 e. The Morgan fingerprint density at radius 3 is 2.73 bits per heavy atom. The first kappa shape index (κ1) is 18.6. The van der Waals surface area contributed by atoms with Gasteiger partial charge in [0.05, 0.1) is 30.5 Å². The molecule has 0 aromatic heterocycles. The standard InChI is InChI=1S/C20H24N2O3S/c1-4-6-12-25-16-9-7-15(8-10-16)18-17(19(23)24-5-2)14(3)21-20-22(18)11-13-26-20/h7-11,13,18H,4-6,12H2,1-3H3/t18-/m1/s1. The van der Waals surface area contributed by atoms with Crippen LogP contribution in [0.25, 0.3) is 0 Å². The van der Waals surface area contributed by atoms with Crippen molar-refractivity contribution >= 4 is 22.9 Å². The number of unbranched alkanes of at least 4 members (excludes halogenated alkanes) is 1. The van der Waals surface area contributed by atoms with Gasteiger partial charge in [0, 0.05) is 6.20 Å². The van der Waals surface area contributed by atoms with E-state index < -0.39 is 0 Å². The Balaban J connectivity index is 1.90. The van der Waals surface area contributed by atoms with Gasteiger partial charge in [0.15, 0.2) is 5.17 Å². The monoisotopic (exact) mass is 372 g/mol. The fraction of sp³-hybridized carbons (Fsp3) is 0.400. The van der Waals surface area contributed by atoms with Crippen LogP contribution in [0.4, 0.5) is 0 Å². The molecule has 3 rings (SSSR count). The van der Waals surface area contributed by atoms with Crippen LogP contribution in [0.5, 0.6) is 5.75 Å². The van der Waals surface area contributed by atoms with Gasteiger partial charge in [-0.1, -0.05) is 37.2 Å². The second-order valence-electron chi connectivity index (χ2n) is 6.10. The molecule has 2 aliphatic heterocycles. The lowest BCUT2D eigenvalue weighted by Crippen LogP contribution is -2.34. The Kier molecular flexibility index (Phi) is 6.04. The summed E-state index contributed by atoms with van der Waals surface area (Å²) in [5.74, 6) is 0.531. The summed E-state index contributed by atoms with van der Waals surface area (Å²) in [6.07, 6.45) is 4.11. The smallest absolute Gasteiger partial charge is 0.338 e. The van der Waals surface area contributed by atoms with E-state index in [0.29, 0.717) is 24.5 Å². The second kappa shape index (κ2) is 8.45. The van der Waals surface area contributed by atoms with Gasteiger partial charge in [-0.25, -0.2) is 9.79 Å². The van der Waals surface area contributed by atoms with Crippen molar-refractivity contribution in [2.45, 2.75) is 39.7 Å². The average Bonchev–Trinajstić information content (AvgIpc) is 3.09. The van der Waals surface area contributed by atoms with Crippen molar-refractivity contribution in [3.8, 4) is 5.75 Å². The Morgan fingerprint density at radius 1 is 1.27 bits per heavy atom. The Bertz CT molecular complexity index is 753. The number of aliphatic imine (C=N–C) groups is 1. The van der Waals surface area contributed by atoms with Crippen molar-refractivity contribution in [3.05, 3.63) is 52.7 Å². The lowest BCUT2D eigenvalue weighted by molar-refractivity contribution is -0.139.